The first kappa shape index (κ1) is 17.7. The van der Waals surface area contributed by atoms with Crippen LogP contribution in [0.2, 0.25) is 0 Å². The average Bonchev–Trinajstić information content (AvgIpc) is 2.59. The fraction of sp³-hybridized carbons (Fsp3) is 0.278. The summed E-state index contributed by atoms with van der Waals surface area (Å²) in [4.78, 5) is 12.2. The molecule has 3 N–H and O–H groups in total. The lowest BCUT2D eigenvalue weighted by atomic mass is 10.1. The minimum atomic E-state index is -0.601. The molecule has 2 amide bonds. The van der Waals surface area contributed by atoms with Crippen molar-refractivity contribution in [1.29, 1.82) is 0 Å². The normalized spacial score (nSPS) is 13.0. The molecule has 0 aromatic heterocycles. The number of aliphatic hydroxyl groups is 1. The third kappa shape index (κ3) is 4.23. The predicted octanol–water partition coefficient (Wildman–Crippen LogP) is 2.93. The van der Waals surface area contributed by atoms with Gasteiger partial charge in [-0.1, -0.05) is 36.4 Å². The van der Waals surface area contributed by atoms with Crippen LogP contribution in [0.4, 0.5) is 9.18 Å². The van der Waals surface area contributed by atoms with Gasteiger partial charge in [-0.25, -0.2) is 9.18 Å². The Morgan fingerprint density at radius 3 is 2.50 bits per heavy atom. The average molecular weight is 332 g/mol. The Bertz CT molecular complexity index is 679. The van der Waals surface area contributed by atoms with Crippen LogP contribution < -0.4 is 15.4 Å². The van der Waals surface area contributed by atoms with Crippen molar-refractivity contribution in [3.8, 4) is 5.75 Å². The molecule has 5 nitrogen and oxygen atoms in total. The van der Waals surface area contributed by atoms with Crippen molar-refractivity contribution >= 4 is 6.03 Å². The highest BCUT2D eigenvalue weighted by molar-refractivity contribution is 5.75. The van der Waals surface area contributed by atoms with Gasteiger partial charge in [-0.15, -0.1) is 0 Å². The number of rotatable bonds is 6. The van der Waals surface area contributed by atoms with E-state index in [1.54, 1.807) is 19.1 Å². The molecule has 0 aliphatic carbocycles. The molecule has 2 rings (SSSR count). The van der Waals surface area contributed by atoms with Gasteiger partial charge in [0, 0.05) is 0 Å². The Balaban J connectivity index is 2.07. The molecule has 24 heavy (non-hydrogen) atoms. The van der Waals surface area contributed by atoms with Crippen molar-refractivity contribution in [3.05, 3.63) is 65.5 Å². The zero-order chi connectivity index (χ0) is 17.5. The van der Waals surface area contributed by atoms with E-state index < -0.39 is 23.9 Å². The van der Waals surface area contributed by atoms with Crippen LogP contribution in [0.5, 0.6) is 5.75 Å². The SMILES string of the molecule is COc1cccc(F)c1C(C)NC(=O)N[C@H](CO)c1ccccc1. The Morgan fingerprint density at radius 1 is 1.17 bits per heavy atom. The Morgan fingerprint density at radius 2 is 1.88 bits per heavy atom. The minimum absolute atomic E-state index is 0.241. The van der Waals surface area contributed by atoms with E-state index in [0.717, 1.165) is 5.56 Å². The second-order valence-electron chi connectivity index (χ2n) is 5.34. The van der Waals surface area contributed by atoms with Gasteiger partial charge in [0.05, 0.1) is 31.4 Å². The van der Waals surface area contributed by atoms with Crippen LogP contribution in [0.15, 0.2) is 48.5 Å². The number of aliphatic hydroxyl groups excluding tert-OH is 1. The Hall–Kier alpha value is -2.60. The van der Waals surface area contributed by atoms with Gasteiger partial charge in [0.2, 0.25) is 0 Å². The van der Waals surface area contributed by atoms with E-state index in [1.807, 2.05) is 30.3 Å². The smallest absolute Gasteiger partial charge is 0.315 e. The number of hydrogen-bond acceptors (Lipinski definition) is 3. The van der Waals surface area contributed by atoms with Crippen LogP contribution >= 0.6 is 0 Å². The van der Waals surface area contributed by atoms with Crippen molar-refractivity contribution in [2.45, 2.75) is 19.0 Å². The third-order valence-corrected chi connectivity index (χ3v) is 3.70. The number of carbonyl (C=O) groups is 1. The summed E-state index contributed by atoms with van der Waals surface area (Å²) in [6.45, 7) is 1.42. The van der Waals surface area contributed by atoms with Gasteiger partial charge in [-0.3, -0.25) is 0 Å². The van der Waals surface area contributed by atoms with Gasteiger partial charge in [0.25, 0.3) is 0 Å². The van der Waals surface area contributed by atoms with Crippen molar-refractivity contribution in [3.63, 3.8) is 0 Å². The largest absolute Gasteiger partial charge is 0.496 e. The zero-order valence-corrected chi connectivity index (χ0v) is 13.6. The van der Waals surface area contributed by atoms with Gasteiger partial charge < -0.3 is 20.5 Å². The Kier molecular flexibility index (Phi) is 6.14. The molecule has 6 heteroatoms. The maximum Gasteiger partial charge on any atom is 0.315 e. The van der Waals surface area contributed by atoms with Gasteiger partial charge in [-0.2, -0.15) is 0 Å². The van der Waals surface area contributed by atoms with Crippen molar-refractivity contribution in [2.24, 2.45) is 0 Å². The van der Waals surface area contributed by atoms with Crippen LogP contribution in [0.25, 0.3) is 0 Å². The summed E-state index contributed by atoms with van der Waals surface area (Å²) < 4.78 is 19.2. The standard InChI is InChI=1S/C18H21FN2O3/c1-12(17-14(19)9-6-10-16(17)24-2)20-18(23)21-15(11-22)13-7-4-3-5-8-13/h3-10,12,15,22H,11H2,1-2H3,(H2,20,21,23)/t12?,15-/m1/s1. The first-order valence-corrected chi connectivity index (χ1v) is 7.62. The number of halogens is 1. The molecular weight excluding hydrogens is 311 g/mol. The summed E-state index contributed by atoms with van der Waals surface area (Å²) in [6.07, 6.45) is 0. The summed E-state index contributed by atoms with van der Waals surface area (Å²) in [5.41, 5.74) is 1.06. The molecule has 2 aromatic rings. The van der Waals surface area contributed by atoms with E-state index in [0.29, 0.717) is 5.75 Å². The molecule has 0 saturated heterocycles. The maximum atomic E-state index is 14.0. The molecule has 0 spiro atoms. The predicted molar refractivity (Wildman–Crippen MR) is 89.3 cm³/mol. The number of hydrogen-bond donors (Lipinski definition) is 3. The highest BCUT2D eigenvalue weighted by atomic mass is 19.1. The lowest BCUT2D eigenvalue weighted by Crippen LogP contribution is -2.40. The van der Waals surface area contributed by atoms with Crippen LogP contribution in [0.3, 0.4) is 0 Å². The van der Waals surface area contributed by atoms with E-state index in [4.69, 9.17) is 4.74 Å². The summed E-state index contributed by atoms with van der Waals surface area (Å²) >= 11 is 0. The number of nitrogens with one attached hydrogen (secondary N) is 2. The lowest BCUT2D eigenvalue weighted by molar-refractivity contribution is 0.214. The number of ether oxygens (including phenoxy) is 1. The fourth-order valence-electron chi connectivity index (χ4n) is 2.50. The Labute approximate surface area is 140 Å². The molecular formula is C18H21FN2O3. The summed E-state index contributed by atoms with van der Waals surface area (Å²) in [7, 11) is 1.45. The minimum Gasteiger partial charge on any atom is -0.496 e. The van der Waals surface area contributed by atoms with Crippen LogP contribution in [0.1, 0.15) is 30.1 Å². The number of urea groups is 1. The number of methoxy groups -OCH3 is 1. The van der Waals surface area contributed by atoms with Crippen molar-refractivity contribution in [1.82, 2.24) is 10.6 Å². The molecule has 2 aromatic carbocycles. The first-order valence-electron chi connectivity index (χ1n) is 7.62. The van der Waals surface area contributed by atoms with Crippen LogP contribution in [-0.4, -0.2) is 24.9 Å². The van der Waals surface area contributed by atoms with Gasteiger partial charge in [0.15, 0.2) is 0 Å². The van der Waals surface area contributed by atoms with Gasteiger partial charge >= 0.3 is 6.03 Å². The van der Waals surface area contributed by atoms with Gasteiger partial charge in [0.1, 0.15) is 11.6 Å². The molecule has 0 aliphatic rings. The molecule has 2 atom stereocenters. The number of carbonyl (C=O) groups excluding carboxylic acids is 1. The second-order valence-corrected chi connectivity index (χ2v) is 5.34. The number of benzene rings is 2. The quantitative estimate of drug-likeness (QED) is 0.762. The fourth-order valence-corrected chi connectivity index (χ4v) is 2.50. The van der Waals surface area contributed by atoms with E-state index in [9.17, 15) is 14.3 Å². The maximum absolute atomic E-state index is 14.0. The summed E-state index contributed by atoms with van der Waals surface area (Å²) in [5, 5.41) is 14.8. The highest BCUT2D eigenvalue weighted by Crippen LogP contribution is 2.27. The van der Waals surface area contributed by atoms with E-state index in [-0.39, 0.29) is 12.2 Å². The third-order valence-electron chi connectivity index (χ3n) is 3.70. The monoisotopic (exact) mass is 332 g/mol. The lowest BCUT2D eigenvalue weighted by Gasteiger charge is -2.21. The van der Waals surface area contributed by atoms with Crippen LogP contribution in [0, 0.1) is 5.82 Å². The van der Waals surface area contributed by atoms with E-state index in [1.165, 1.54) is 13.2 Å². The molecule has 128 valence electrons. The molecule has 0 bridgehead atoms. The number of amides is 2. The molecule has 1 unspecified atom stereocenters. The van der Waals surface area contributed by atoms with Crippen molar-refractivity contribution in [2.75, 3.05) is 13.7 Å². The first-order chi connectivity index (χ1) is 11.6. The van der Waals surface area contributed by atoms with E-state index >= 15 is 0 Å². The topological polar surface area (TPSA) is 70.6 Å². The molecule has 0 heterocycles. The molecule has 0 saturated carbocycles. The highest BCUT2D eigenvalue weighted by Gasteiger charge is 2.20. The van der Waals surface area contributed by atoms with E-state index in [2.05, 4.69) is 10.6 Å². The van der Waals surface area contributed by atoms with Gasteiger partial charge in [-0.05, 0) is 24.6 Å². The molecule has 0 aliphatic heterocycles. The second kappa shape index (κ2) is 8.31. The zero-order valence-electron chi connectivity index (χ0n) is 13.6. The van der Waals surface area contributed by atoms with Crippen molar-refractivity contribution < 1.29 is 19.0 Å². The summed E-state index contributed by atoms with van der Waals surface area (Å²) in [5.74, 6) is -0.0894. The molecule has 0 radical (unpaired) electrons. The van der Waals surface area contributed by atoms with Crippen LogP contribution in [-0.2, 0) is 0 Å². The summed E-state index contributed by atoms with van der Waals surface area (Å²) in [6, 6.07) is 12.0. The molecule has 0 fully saturated rings.